The van der Waals surface area contributed by atoms with Gasteiger partial charge in [0.05, 0.1) is 16.7 Å². The predicted molar refractivity (Wildman–Crippen MR) is 236 cm³/mol. The molecule has 5 nitrogen and oxygen atoms in total. The van der Waals surface area contributed by atoms with E-state index in [0.717, 1.165) is 60.9 Å². The molecule has 4 heterocycles. The third kappa shape index (κ3) is 5.04. The summed E-state index contributed by atoms with van der Waals surface area (Å²) in [5.41, 5.74) is 9.92. The molecular weight excluding hydrogens is 717 g/mol. The number of hydrogen-bond donors (Lipinski definition) is 0. The van der Waals surface area contributed by atoms with Gasteiger partial charge in [0, 0.05) is 58.4 Å². The molecule has 0 unspecified atom stereocenters. The fourth-order valence-electron chi connectivity index (χ4n) is 8.44. The highest BCUT2D eigenvalue weighted by atomic mass is 32.1. The van der Waals surface area contributed by atoms with E-state index in [0.29, 0.717) is 17.5 Å². The van der Waals surface area contributed by atoms with Crippen LogP contribution in [0.15, 0.2) is 186 Å². The quantitative estimate of drug-likeness (QED) is 0.176. The van der Waals surface area contributed by atoms with Crippen molar-refractivity contribution in [3.8, 4) is 51.0 Å². The lowest BCUT2D eigenvalue weighted by Crippen LogP contribution is -2.03. The van der Waals surface area contributed by atoms with Gasteiger partial charge >= 0.3 is 0 Å². The molecule has 0 atom stereocenters. The molecule has 4 aromatic heterocycles. The van der Waals surface area contributed by atoms with Crippen molar-refractivity contribution in [2.45, 2.75) is 0 Å². The summed E-state index contributed by atoms with van der Waals surface area (Å²) in [6.45, 7) is 0. The van der Waals surface area contributed by atoms with E-state index >= 15 is 0 Å². The second kappa shape index (κ2) is 12.6. The average molecular weight is 747 g/mol. The van der Waals surface area contributed by atoms with Crippen LogP contribution in [0.25, 0.3) is 115 Å². The monoisotopic (exact) mass is 746 g/mol. The van der Waals surface area contributed by atoms with Crippen molar-refractivity contribution in [2.75, 3.05) is 0 Å². The summed E-state index contributed by atoms with van der Waals surface area (Å²) in [5, 5.41) is 7.11. The van der Waals surface area contributed by atoms with Gasteiger partial charge in [-0.15, -0.1) is 11.3 Å². The van der Waals surface area contributed by atoms with Crippen molar-refractivity contribution in [2.24, 2.45) is 0 Å². The molecular formula is C51H30N4OS. The van der Waals surface area contributed by atoms with Crippen LogP contribution in [0.4, 0.5) is 0 Å². The van der Waals surface area contributed by atoms with E-state index in [1.807, 2.05) is 47.7 Å². The Hall–Kier alpha value is -7.41. The van der Waals surface area contributed by atoms with Crippen LogP contribution in [0.5, 0.6) is 0 Å². The summed E-state index contributed by atoms with van der Waals surface area (Å²) < 4.78 is 11.6. The molecule has 0 spiro atoms. The molecule has 0 saturated carbocycles. The highest BCUT2D eigenvalue weighted by Gasteiger charge is 2.20. The van der Waals surface area contributed by atoms with Crippen molar-refractivity contribution in [3.05, 3.63) is 182 Å². The number of nitrogens with zero attached hydrogens (tertiary/aromatic N) is 4. The number of thiophene rings is 1. The van der Waals surface area contributed by atoms with Gasteiger partial charge in [-0.25, -0.2) is 15.0 Å². The van der Waals surface area contributed by atoms with Crippen LogP contribution in [0.1, 0.15) is 0 Å². The van der Waals surface area contributed by atoms with E-state index in [1.54, 1.807) is 0 Å². The van der Waals surface area contributed by atoms with Crippen LogP contribution in [-0.4, -0.2) is 19.5 Å². The van der Waals surface area contributed by atoms with E-state index in [-0.39, 0.29) is 0 Å². The molecule has 8 aromatic carbocycles. The molecule has 0 bridgehead atoms. The first kappa shape index (κ1) is 31.9. The van der Waals surface area contributed by atoms with Crippen LogP contribution in [0, 0.1) is 0 Å². The first-order valence-corrected chi connectivity index (χ1v) is 19.8. The van der Waals surface area contributed by atoms with E-state index in [9.17, 15) is 0 Å². The van der Waals surface area contributed by atoms with Crippen LogP contribution in [0.3, 0.4) is 0 Å². The summed E-state index contributed by atoms with van der Waals surface area (Å²) in [6.07, 6.45) is 0. The topological polar surface area (TPSA) is 56.7 Å². The number of hydrogen-bond acceptors (Lipinski definition) is 5. The Morgan fingerprint density at radius 3 is 1.72 bits per heavy atom. The second-order valence-electron chi connectivity index (χ2n) is 14.4. The Morgan fingerprint density at radius 2 is 0.947 bits per heavy atom. The fourth-order valence-corrected chi connectivity index (χ4v) is 9.68. The van der Waals surface area contributed by atoms with Crippen LogP contribution in [-0.2, 0) is 0 Å². The number of benzene rings is 8. The van der Waals surface area contributed by atoms with Crippen molar-refractivity contribution in [1.29, 1.82) is 0 Å². The van der Waals surface area contributed by atoms with Gasteiger partial charge in [-0.05, 0) is 65.7 Å². The maximum atomic E-state index is 6.66. The van der Waals surface area contributed by atoms with E-state index in [2.05, 4.69) is 150 Å². The normalized spacial score (nSPS) is 11.9. The predicted octanol–water partition coefficient (Wildman–Crippen LogP) is 13.9. The third-order valence-corrected chi connectivity index (χ3v) is 12.3. The largest absolute Gasteiger partial charge is 0.456 e. The van der Waals surface area contributed by atoms with Gasteiger partial charge in [0.2, 0.25) is 0 Å². The molecule has 0 aliphatic heterocycles. The highest BCUT2D eigenvalue weighted by Crippen LogP contribution is 2.42. The summed E-state index contributed by atoms with van der Waals surface area (Å²) in [6, 6.07) is 63.7. The zero-order valence-electron chi connectivity index (χ0n) is 30.4. The minimum Gasteiger partial charge on any atom is -0.456 e. The summed E-state index contributed by atoms with van der Waals surface area (Å²) in [5.74, 6) is 1.79. The Kier molecular flexibility index (Phi) is 7.03. The molecule has 0 saturated heterocycles. The Balaban J connectivity index is 1.01. The zero-order chi connectivity index (χ0) is 37.5. The Bertz CT molecular complexity index is 3490. The van der Waals surface area contributed by atoms with Crippen molar-refractivity contribution in [3.63, 3.8) is 0 Å². The number of aromatic nitrogens is 4. The highest BCUT2D eigenvalue weighted by molar-refractivity contribution is 7.26. The van der Waals surface area contributed by atoms with Crippen molar-refractivity contribution < 1.29 is 4.42 Å². The number of rotatable bonds is 5. The molecule has 0 aliphatic carbocycles. The molecule has 12 aromatic rings. The lowest BCUT2D eigenvalue weighted by Gasteiger charge is -2.14. The maximum Gasteiger partial charge on any atom is 0.166 e. The minimum atomic E-state index is 0.579. The zero-order valence-corrected chi connectivity index (χ0v) is 31.2. The van der Waals surface area contributed by atoms with Crippen molar-refractivity contribution in [1.82, 2.24) is 19.5 Å². The lowest BCUT2D eigenvalue weighted by atomic mass is 10.0. The van der Waals surface area contributed by atoms with E-state index < -0.39 is 0 Å². The number of para-hydroxylation sites is 3. The van der Waals surface area contributed by atoms with Crippen LogP contribution in [0.2, 0.25) is 0 Å². The first-order valence-electron chi connectivity index (χ1n) is 19.0. The molecule has 0 amide bonds. The molecule has 0 radical (unpaired) electrons. The van der Waals surface area contributed by atoms with E-state index in [4.69, 9.17) is 19.4 Å². The molecule has 6 heteroatoms. The molecule has 0 aliphatic rings. The van der Waals surface area contributed by atoms with Crippen LogP contribution >= 0.6 is 11.3 Å². The SMILES string of the molecule is c1ccc(-c2nc(-c3ccc4c(c3)oc3cc(-c5cccc6c5sc5ccccc56)ccc34)nc(-c3ccccc3-n3c4ccccc4c4ccccc43)n2)cc1. The number of furan rings is 1. The second-order valence-corrected chi connectivity index (χ2v) is 15.4. The Labute approximate surface area is 330 Å². The van der Waals surface area contributed by atoms with Crippen molar-refractivity contribution >= 4 is 75.3 Å². The molecule has 0 fully saturated rings. The minimum absolute atomic E-state index is 0.579. The van der Waals surface area contributed by atoms with Gasteiger partial charge < -0.3 is 8.98 Å². The summed E-state index contributed by atoms with van der Waals surface area (Å²) in [4.78, 5) is 15.4. The molecule has 266 valence electrons. The smallest absolute Gasteiger partial charge is 0.166 e. The van der Waals surface area contributed by atoms with Gasteiger partial charge in [0.1, 0.15) is 11.2 Å². The van der Waals surface area contributed by atoms with Gasteiger partial charge in [0.15, 0.2) is 17.5 Å². The average Bonchev–Trinajstić information content (AvgIpc) is 3.95. The van der Waals surface area contributed by atoms with Gasteiger partial charge in [-0.2, -0.15) is 0 Å². The standard InChI is InChI=1S/C51H30N4OS/c1-2-13-31(14-3-1)49-52-50(54-51(53-49)41-18-6-10-23-44(41)55-42-21-8-4-15-35(42)36-16-5-9-22-43(36)55)33-26-28-38-37-27-25-32(29-45(37)56-46(38)30-33)34-19-12-20-40-39-17-7-11-24-47(39)57-48(34)40/h1-30H. The van der Waals surface area contributed by atoms with Gasteiger partial charge in [-0.1, -0.05) is 127 Å². The van der Waals surface area contributed by atoms with E-state index in [1.165, 1.54) is 36.5 Å². The summed E-state index contributed by atoms with van der Waals surface area (Å²) in [7, 11) is 0. The fraction of sp³-hybridized carbons (Fsp3) is 0. The van der Waals surface area contributed by atoms with Crippen LogP contribution < -0.4 is 0 Å². The maximum absolute atomic E-state index is 6.66. The summed E-state index contributed by atoms with van der Waals surface area (Å²) >= 11 is 1.84. The molecule has 57 heavy (non-hydrogen) atoms. The molecule has 12 rings (SSSR count). The van der Waals surface area contributed by atoms with Gasteiger partial charge in [0.25, 0.3) is 0 Å². The first-order chi connectivity index (χ1) is 28.2. The number of fused-ring (bicyclic) bond motifs is 9. The molecule has 0 N–H and O–H groups in total. The third-order valence-electron chi connectivity index (χ3n) is 11.1. The van der Waals surface area contributed by atoms with Gasteiger partial charge in [-0.3, -0.25) is 0 Å². The Morgan fingerprint density at radius 1 is 0.386 bits per heavy atom. The lowest BCUT2D eigenvalue weighted by molar-refractivity contribution is 0.669.